The Hall–Kier alpha value is -2.22. The molecule has 0 fully saturated rings. The second kappa shape index (κ2) is 10.2. The smallest absolute Gasteiger partial charge is 0.409 e. The van der Waals surface area contributed by atoms with E-state index in [0.717, 1.165) is 22.3 Å². The third kappa shape index (κ3) is 5.47. The molecule has 30 heavy (non-hydrogen) atoms. The van der Waals surface area contributed by atoms with Crippen LogP contribution in [0.25, 0.3) is 11.1 Å². The van der Waals surface area contributed by atoms with Crippen LogP contribution in [0.1, 0.15) is 30.4 Å². The van der Waals surface area contributed by atoms with Gasteiger partial charge >= 0.3 is 14.3 Å². The van der Waals surface area contributed by atoms with Crippen LogP contribution in [0.4, 0.5) is 4.79 Å². The third-order valence-corrected chi connectivity index (χ3v) is 5.67. The van der Waals surface area contributed by atoms with Crippen molar-refractivity contribution in [3.63, 3.8) is 0 Å². The predicted octanol–water partition coefficient (Wildman–Crippen LogP) is 2.63. The molecular weight excluding hydrogens is 409 g/mol. The van der Waals surface area contributed by atoms with Crippen LogP contribution in [0.2, 0.25) is 0 Å². The summed E-state index contributed by atoms with van der Waals surface area (Å²) in [5, 5.41) is 22.2. The van der Waals surface area contributed by atoms with Crippen LogP contribution in [0.3, 0.4) is 0 Å². The molecule has 1 aliphatic carbocycles. The molecule has 9 heteroatoms. The van der Waals surface area contributed by atoms with Crippen molar-refractivity contribution in [3.05, 3.63) is 59.7 Å². The molecule has 2 aromatic rings. The molecule has 8 nitrogen and oxygen atoms in total. The number of carbonyl (C=O) groups excluding carboxylic acids is 1. The average Bonchev–Trinajstić information content (AvgIpc) is 3.03. The van der Waals surface area contributed by atoms with E-state index in [1.807, 2.05) is 48.5 Å². The molecular formula is C21H26NO7P. The van der Waals surface area contributed by atoms with Crippen molar-refractivity contribution in [2.45, 2.75) is 31.6 Å². The molecule has 0 saturated carbocycles. The van der Waals surface area contributed by atoms with E-state index < -0.39 is 32.6 Å². The van der Waals surface area contributed by atoms with E-state index in [4.69, 9.17) is 9.63 Å². The normalized spacial score (nSPS) is 16.8. The maximum absolute atomic E-state index is 12.2. The lowest BCUT2D eigenvalue weighted by Crippen LogP contribution is -2.39. The summed E-state index contributed by atoms with van der Waals surface area (Å²) in [4.78, 5) is 20.9. The van der Waals surface area contributed by atoms with Gasteiger partial charge in [0.05, 0.1) is 12.7 Å². The quantitative estimate of drug-likeness (QED) is 0.352. The van der Waals surface area contributed by atoms with Gasteiger partial charge in [-0.3, -0.25) is 9.88 Å². The lowest BCUT2D eigenvalue weighted by Gasteiger charge is -2.23. The van der Waals surface area contributed by atoms with Crippen molar-refractivity contribution in [3.8, 4) is 11.1 Å². The highest BCUT2D eigenvalue weighted by Gasteiger charge is 2.29. The number of rotatable bonds is 9. The van der Waals surface area contributed by atoms with Gasteiger partial charge in [0.15, 0.2) is 0 Å². The molecule has 1 amide bonds. The highest BCUT2D eigenvalue weighted by molar-refractivity contribution is 7.32. The minimum absolute atomic E-state index is 0.0585. The molecule has 162 valence electrons. The Kier molecular flexibility index (Phi) is 7.64. The van der Waals surface area contributed by atoms with E-state index in [2.05, 4.69) is 9.84 Å². The predicted molar refractivity (Wildman–Crippen MR) is 111 cm³/mol. The SMILES string of the molecule is CC(O)C(CO[PH](=O)O)CC(O)NC(=O)OCC1c2ccccc2-c2ccccc21. The summed E-state index contributed by atoms with van der Waals surface area (Å²) in [6.07, 6.45) is -3.04. The van der Waals surface area contributed by atoms with E-state index in [-0.39, 0.29) is 25.6 Å². The molecule has 0 saturated heterocycles. The molecule has 4 atom stereocenters. The van der Waals surface area contributed by atoms with Gasteiger partial charge in [0.25, 0.3) is 0 Å². The largest absolute Gasteiger partial charge is 0.448 e. The summed E-state index contributed by atoms with van der Waals surface area (Å²) in [7, 11) is -3.14. The van der Waals surface area contributed by atoms with Gasteiger partial charge in [0.1, 0.15) is 12.8 Å². The lowest BCUT2D eigenvalue weighted by molar-refractivity contribution is 0.0306. The number of benzene rings is 2. The summed E-state index contributed by atoms with van der Waals surface area (Å²) < 4.78 is 20.7. The van der Waals surface area contributed by atoms with Crippen molar-refractivity contribution in [2.24, 2.45) is 5.92 Å². The summed E-state index contributed by atoms with van der Waals surface area (Å²) in [6, 6.07) is 15.9. The Bertz CT molecular complexity index is 859. The highest BCUT2D eigenvalue weighted by atomic mass is 31.1. The fraction of sp³-hybridized carbons (Fsp3) is 0.381. The van der Waals surface area contributed by atoms with Gasteiger partial charge in [-0.05, 0) is 35.6 Å². The van der Waals surface area contributed by atoms with Crippen molar-refractivity contribution in [2.75, 3.05) is 13.2 Å². The number of alkyl carbamates (subject to hydrolysis) is 1. The van der Waals surface area contributed by atoms with Crippen LogP contribution >= 0.6 is 8.25 Å². The third-order valence-electron chi connectivity index (χ3n) is 5.26. The maximum atomic E-state index is 12.2. The van der Waals surface area contributed by atoms with Gasteiger partial charge in [0.2, 0.25) is 0 Å². The van der Waals surface area contributed by atoms with E-state index in [1.54, 1.807) is 0 Å². The Labute approximate surface area is 175 Å². The highest BCUT2D eigenvalue weighted by Crippen LogP contribution is 2.44. The first-order valence-corrected chi connectivity index (χ1v) is 11.0. The molecule has 0 heterocycles. The second-order valence-corrected chi connectivity index (χ2v) is 8.12. The number of nitrogens with one attached hydrogen (secondary N) is 1. The molecule has 0 radical (unpaired) electrons. The van der Waals surface area contributed by atoms with E-state index >= 15 is 0 Å². The van der Waals surface area contributed by atoms with Gasteiger partial charge < -0.3 is 24.4 Å². The van der Waals surface area contributed by atoms with Crippen LogP contribution < -0.4 is 5.32 Å². The topological polar surface area (TPSA) is 125 Å². The molecule has 4 N–H and O–H groups in total. The summed E-state index contributed by atoms with van der Waals surface area (Å²) in [5.74, 6) is -0.726. The van der Waals surface area contributed by atoms with Crippen LogP contribution in [0, 0.1) is 5.92 Å². The summed E-state index contributed by atoms with van der Waals surface area (Å²) in [6.45, 7) is 1.38. The van der Waals surface area contributed by atoms with Crippen molar-refractivity contribution >= 4 is 14.3 Å². The second-order valence-electron chi connectivity index (χ2n) is 7.30. The number of ether oxygens (including phenoxy) is 1. The van der Waals surface area contributed by atoms with Crippen LogP contribution in [-0.2, 0) is 13.8 Å². The molecule has 3 rings (SSSR count). The monoisotopic (exact) mass is 435 g/mol. The molecule has 2 aromatic carbocycles. The number of aliphatic hydroxyl groups excluding tert-OH is 2. The summed E-state index contributed by atoms with van der Waals surface area (Å²) in [5.41, 5.74) is 4.39. The molecule has 0 aliphatic heterocycles. The van der Waals surface area contributed by atoms with Gasteiger partial charge in [0, 0.05) is 11.8 Å². The number of aliphatic hydroxyl groups is 2. The number of fused-ring (bicyclic) bond motifs is 3. The first-order chi connectivity index (χ1) is 14.4. The Morgan fingerprint density at radius 3 is 2.20 bits per heavy atom. The molecule has 0 bridgehead atoms. The van der Waals surface area contributed by atoms with Gasteiger partial charge in [-0.1, -0.05) is 48.5 Å². The van der Waals surface area contributed by atoms with Gasteiger partial charge in [-0.25, -0.2) is 4.79 Å². The molecule has 0 aromatic heterocycles. The Morgan fingerprint density at radius 1 is 1.10 bits per heavy atom. The first-order valence-electron chi connectivity index (χ1n) is 9.70. The zero-order valence-electron chi connectivity index (χ0n) is 16.5. The Morgan fingerprint density at radius 2 is 1.67 bits per heavy atom. The van der Waals surface area contributed by atoms with E-state index in [1.165, 1.54) is 6.92 Å². The fourth-order valence-electron chi connectivity index (χ4n) is 3.70. The number of hydrogen-bond donors (Lipinski definition) is 4. The zero-order valence-corrected chi connectivity index (χ0v) is 17.5. The average molecular weight is 435 g/mol. The molecule has 4 unspecified atom stereocenters. The van der Waals surface area contributed by atoms with Crippen LogP contribution in [-0.4, -0.2) is 46.7 Å². The number of hydrogen-bond acceptors (Lipinski definition) is 6. The van der Waals surface area contributed by atoms with E-state index in [9.17, 15) is 19.6 Å². The van der Waals surface area contributed by atoms with Crippen molar-refractivity contribution in [1.82, 2.24) is 5.32 Å². The standard InChI is InChI=1S/C21H26NO7P/c1-13(23)14(11-29-30(26)27)10-20(24)22-21(25)28-12-19-17-8-4-2-6-15(17)16-7-3-5-9-18(16)19/h2-9,13-14,19-20,23-24,30H,10-12H2,1H3,(H,22,25)(H,26,27). The Balaban J connectivity index is 1.56. The zero-order chi connectivity index (χ0) is 21.7. The minimum atomic E-state index is -3.14. The minimum Gasteiger partial charge on any atom is -0.448 e. The van der Waals surface area contributed by atoms with Crippen LogP contribution in [0.15, 0.2) is 48.5 Å². The fourth-order valence-corrected chi connectivity index (χ4v) is 4.06. The van der Waals surface area contributed by atoms with E-state index in [0.29, 0.717) is 0 Å². The molecule has 1 aliphatic rings. The number of carbonyl (C=O) groups is 1. The summed E-state index contributed by atoms with van der Waals surface area (Å²) >= 11 is 0. The lowest BCUT2D eigenvalue weighted by atomic mass is 9.98. The van der Waals surface area contributed by atoms with Gasteiger partial charge in [-0.15, -0.1) is 0 Å². The van der Waals surface area contributed by atoms with Crippen molar-refractivity contribution < 1.29 is 33.7 Å². The number of amides is 1. The van der Waals surface area contributed by atoms with Crippen LogP contribution in [0.5, 0.6) is 0 Å². The van der Waals surface area contributed by atoms with Crippen molar-refractivity contribution in [1.29, 1.82) is 0 Å². The maximum Gasteiger partial charge on any atom is 0.409 e. The first kappa shape index (κ1) is 22.5. The van der Waals surface area contributed by atoms with Gasteiger partial charge in [-0.2, -0.15) is 0 Å². The molecule has 0 spiro atoms.